The van der Waals surface area contributed by atoms with E-state index in [9.17, 15) is 0 Å². The van der Waals surface area contributed by atoms with Crippen molar-refractivity contribution in [2.75, 3.05) is 5.73 Å². The normalized spacial score (nSPS) is 11.7. The monoisotopic (exact) mass is 229 g/mol. The number of nitrogens with zero attached hydrogens (tertiary/aromatic N) is 2. The average Bonchev–Trinajstić information content (AvgIpc) is 2.60. The summed E-state index contributed by atoms with van der Waals surface area (Å²) in [4.78, 5) is 0. The lowest BCUT2D eigenvalue weighted by atomic mass is 9.89. The Bertz CT molecular complexity index is 492. The van der Waals surface area contributed by atoms with Gasteiger partial charge in [0.05, 0.1) is 6.54 Å². The van der Waals surface area contributed by atoms with E-state index in [4.69, 9.17) is 5.73 Å². The molecule has 0 bridgehead atoms. The zero-order valence-electron chi connectivity index (χ0n) is 10.6. The van der Waals surface area contributed by atoms with E-state index >= 15 is 0 Å². The van der Waals surface area contributed by atoms with Crippen LogP contribution in [0, 0.1) is 0 Å². The maximum atomic E-state index is 5.95. The summed E-state index contributed by atoms with van der Waals surface area (Å²) < 4.78 is 1.91. The van der Waals surface area contributed by atoms with Crippen molar-refractivity contribution in [3.05, 3.63) is 47.7 Å². The van der Waals surface area contributed by atoms with Gasteiger partial charge in [-0.2, -0.15) is 5.10 Å². The lowest BCUT2D eigenvalue weighted by Gasteiger charge is -2.16. The van der Waals surface area contributed by atoms with Crippen molar-refractivity contribution in [1.29, 1.82) is 0 Å². The third kappa shape index (κ3) is 2.67. The number of nitrogens with two attached hydrogens (primary N) is 1. The van der Waals surface area contributed by atoms with Crippen LogP contribution in [0.2, 0.25) is 0 Å². The molecule has 0 spiro atoms. The number of hydrogen-bond acceptors (Lipinski definition) is 2. The second-order valence-corrected chi connectivity index (χ2v) is 5.36. The maximum absolute atomic E-state index is 5.95. The third-order valence-corrected chi connectivity index (χ3v) is 2.79. The van der Waals surface area contributed by atoms with Crippen LogP contribution < -0.4 is 5.73 Å². The van der Waals surface area contributed by atoms with Crippen molar-refractivity contribution >= 4 is 5.82 Å². The van der Waals surface area contributed by atoms with Gasteiger partial charge < -0.3 is 5.73 Å². The highest BCUT2D eigenvalue weighted by atomic mass is 15.3. The molecule has 2 aromatic rings. The van der Waals surface area contributed by atoms with Crippen molar-refractivity contribution in [1.82, 2.24) is 9.78 Å². The molecule has 3 heteroatoms. The Morgan fingerprint density at radius 2 is 1.82 bits per heavy atom. The molecule has 0 saturated heterocycles. The molecular formula is C14H19N3. The Morgan fingerprint density at radius 3 is 2.35 bits per heavy atom. The lowest BCUT2D eigenvalue weighted by Crippen LogP contribution is -2.12. The molecule has 1 aromatic carbocycles. The number of hydrogen-bond donors (Lipinski definition) is 1. The first-order chi connectivity index (χ1) is 7.97. The molecular weight excluding hydrogens is 210 g/mol. The Labute approximate surface area is 102 Å². The maximum Gasteiger partial charge on any atom is 0.149 e. The quantitative estimate of drug-likeness (QED) is 0.860. The minimum absolute atomic E-state index is 0.0407. The average molecular weight is 229 g/mol. The summed E-state index contributed by atoms with van der Waals surface area (Å²) in [5.74, 6) is 0.633. The Morgan fingerprint density at radius 1 is 1.18 bits per heavy atom. The zero-order valence-corrected chi connectivity index (χ0v) is 10.6. The van der Waals surface area contributed by atoms with E-state index in [-0.39, 0.29) is 5.41 Å². The molecule has 1 aromatic heterocycles. The minimum atomic E-state index is 0.0407. The standard InChI is InChI=1S/C14H19N3/c1-14(2,3)12-10-17(16-13(12)15)9-11-7-5-4-6-8-11/h4-8,10H,9H2,1-3H3,(H2,15,16). The summed E-state index contributed by atoms with van der Waals surface area (Å²) in [6.07, 6.45) is 2.04. The molecule has 3 nitrogen and oxygen atoms in total. The van der Waals surface area contributed by atoms with Crippen LogP contribution in [0.3, 0.4) is 0 Å². The molecule has 0 unspecified atom stereocenters. The molecule has 0 aliphatic carbocycles. The van der Waals surface area contributed by atoms with Crippen molar-refractivity contribution in [2.45, 2.75) is 32.7 Å². The van der Waals surface area contributed by atoms with Crippen LogP contribution >= 0.6 is 0 Å². The molecule has 0 fully saturated rings. The molecule has 90 valence electrons. The van der Waals surface area contributed by atoms with Crippen molar-refractivity contribution in [2.24, 2.45) is 0 Å². The van der Waals surface area contributed by atoms with Gasteiger partial charge in [0.1, 0.15) is 5.82 Å². The van der Waals surface area contributed by atoms with Crippen LogP contribution in [0.15, 0.2) is 36.5 Å². The first-order valence-electron chi connectivity index (χ1n) is 5.84. The van der Waals surface area contributed by atoms with Gasteiger partial charge >= 0.3 is 0 Å². The molecule has 0 radical (unpaired) electrons. The van der Waals surface area contributed by atoms with Gasteiger partial charge in [-0.1, -0.05) is 51.1 Å². The van der Waals surface area contributed by atoms with E-state index in [1.165, 1.54) is 5.56 Å². The zero-order chi connectivity index (χ0) is 12.5. The van der Waals surface area contributed by atoms with Gasteiger partial charge in [0.15, 0.2) is 0 Å². The van der Waals surface area contributed by atoms with E-state index < -0.39 is 0 Å². The molecule has 0 amide bonds. The van der Waals surface area contributed by atoms with Crippen LogP contribution in [0.1, 0.15) is 31.9 Å². The Hall–Kier alpha value is -1.77. The molecule has 2 rings (SSSR count). The highest BCUT2D eigenvalue weighted by molar-refractivity contribution is 5.42. The van der Waals surface area contributed by atoms with E-state index in [0.717, 1.165) is 12.1 Å². The van der Waals surface area contributed by atoms with Gasteiger partial charge in [-0.05, 0) is 11.0 Å². The van der Waals surface area contributed by atoms with Crippen LogP contribution in [-0.2, 0) is 12.0 Å². The van der Waals surface area contributed by atoms with Crippen LogP contribution in [0.4, 0.5) is 5.82 Å². The van der Waals surface area contributed by atoms with Gasteiger partial charge in [-0.3, -0.25) is 4.68 Å². The number of rotatable bonds is 2. The van der Waals surface area contributed by atoms with Crippen molar-refractivity contribution in [3.8, 4) is 0 Å². The van der Waals surface area contributed by atoms with E-state index in [1.807, 2.05) is 29.1 Å². The van der Waals surface area contributed by atoms with Gasteiger partial charge in [0.2, 0.25) is 0 Å². The summed E-state index contributed by atoms with van der Waals surface area (Å²) >= 11 is 0. The fraction of sp³-hybridized carbons (Fsp3) is 0.357. The topological polar surface area (TPSA) is 43.8 Å². The minimum Gasteiger partial charge on any atom is -0.382 e. The van der Waals surface area contributed by atoms with E-state index in [0.29, 0.717) is 5.82 Å². The fourth-order valence-corrected chi connectivity index (χ4v) is 1.87. The summed E-state index contributed by atoms with van der Waals surface area (Å²) in [5.41, 5.74) is 8.33. The van der Waals surface area contributed by atoms with Crippen LogP contribution in [0.5, 0.6) is 0 Å². The van der Waals surface area contributed by atoms with Gasteiger partial charge in [-0.25, -0.2) is 0 Å². The van der Waals surface area contributed by atoms with Crippen LogP contribution in [0.25, 0.3) is 0 Å². The summed E-state index contributed by atoms with van der Waals surface area (Å²) in [6, 6.07) is 10.3. The SMILES string of the molecule is CC(C)(C)c1cn(Cc2ccccc2)nc1N. The molecule has 1 heterocycles. The molecule has 0 saturated carbocycles. The number of anilines is 1. The van der Waals surface area contributed by atoms with E-state index in [1.54, 1.807) is 0 Å². The number of aromatic nitrogens is 2. The van der Waals surface area contributed by atoms with E-state index in [2.05, 4.69) is 38.0 Å². The van der Waals surface area contributed by atoms with Crippen molar-refractivity contribution in [3.63, 3.8) is 0 Å². The van der Waals surface area contributed by atoms with Gasteiger partial charge in [0.25, 0.3) is 0 Å². The second kappa shape index (κ2) is 4.24. The van der Waals surface area contributed by atoms with Gasteiger partial charge in [-0.15, -0.1) is 0 Å². The lowest BCUT2D eigenvalue weighted by molar-refractivity contribution is 0.589. The van der Waals surface area contributed by atoms with Crippen molar-refractivity contribution < 1.29 is 0 Å². The fourth-order valence-electron chi connectivity index (χ4n) is 1.87. The predicted octanol–water partition coefficient (Wildman–Crippen LogP) is 2.81. The van der Waals surface area contributed by atoms with Crippen LogP contribution in [-0.4, -0.2) is 9.78 Å². The first kappa shape index (κ1) is 11.7. The first-order valence-corrected chi connectivity index (χ1v) is 5.84. The third-order valence-electron chi connectivity index (χ3n) is 2.79. The number of benzene rings is 1. The molecule has 2 N–H and O–H groups in total. The summed E-state index contributed by atoms with van der Waals surface area (Å²) in [5, 5.41) is 4.37. The highest BCUT2D eigenvalue weighted by Crippen LogP contribution is 2.26. The molecule has 0 aliphatic rings. The highest BCUT2D eigenvalue weighted by Gasteiger charge is 2.20. The predicted molar refractivity (Wildman–Crippen MR) is 70.9 cm³/mol. The Balaban J connectivity index is 2.24. The summed E-state index contributed by atoms with van der Waals surface area (Å²) in [6.45, 7) is 7.20. The van der Waals surface area contributed by atoms with Gasteiger partial charge in [0, 0.05) is 11.8 Å². The largest absolute Gasteiger partial charge is 0.382 e. The number of nitrogen functional groups attached to an aromatic ring is 1. The summed E-state index contributed by atoms with van der Waals surface area (Å²) in [7, 11) is 0. The Kier molecular flexibility index (Phi) is 2.92. The molecule has 0 atom stereocenters. The molecule has 0 aliphatic heterocycles. The smallest absolute Gasteiger partial charge is 0.149 e. The molecule has 17 heavy (non-hydrogen) atoms. The second-order valence-electron chi connectivity index (χ2n) is 5.36.